The predicted molar refractivity (Wildman–Crippen MR) is 115 cm³/mol. The molecule has 154 valence electrons. The number of nitrogens with one attached hydrogen (secondary N) is 3. The van der Waals surface area contributed by atoms with E-state index in [-0.39, 0.29) is 26.7 Å². The van der Waals surface area contributed by atoms with Gasteiger partial charge in [-0.05, 0) is 54.6 Å². The molecule has 0 saturated heterocycles. The third-order valence-electron chi connectivity index (χ3n) is 3.92. The van der Waals surface area contributed by atoms with Gasteiger partial charge < -0.3 is 0 Å². The molecule has 0 unspecified atom stereocenters. The molecule has 0 aliphatic rings. The minimum atomic E-state index is -3.74. The zero-order valence-corrected chi connectivity index (χ0v) is 17.6. The molecule has 2 amide bonds. The first-order chi connectivity index (χ1) is 14.3. The number of hydrazine groups is 1. The molecule has 0 spiro atoms. The van der Waals surface area contributed by atoms with Crippen LogP contribution in [0.4, 0.5) is 5.69 Å². The topological polar surface area (TPSA) is 104 Å². The van der Waals surface area contributed by atoms with Gasteiger partial charge in [0.1, 0.15) is 0 Å². The number of amides is 2. The summed E-state index contributed by atoms with van der Waals surface area (Å²) >= 11 is 11.8. The van der Waals surface area contributed by atoms with Crippen LogP contribution in [0.2, 0.25) is 10.0 Å². The van der Waals surface area contributed by atoms with Crippen molar-refractivity contribution in [1.29, 1.82) is 0 Å². The summed E-state index contributed by atoms with van der Waals surface area (Å²) in [6, 6.07) is 18.0. The number of sulfonamides is 1. The van der Waals surface area contributed by atoms with E-state index in [1.54, 1.807) is 18.2 Å². The van der Waals surface area contributed by atoms with E-state index in [0.29, 0.717) is 5.02 Å². The largest absolute Gasteiger partial charge is 0.280 e. The number of anilines is 1. The third kappa shape index (κ3) is 5.29. The summed E-state index contributed by atoms with van der Waals surface area (Å²) in [4.78, 5) is 24.5. The highest BCUT2D eigenvalue weighted by Crippen LogP contribution is 2.20. The summed E-state index contributed by atoms with van der Waals surface area (Å²) in [6.45, 7) is 0. The van der Waals surface area contributed by atoms with Gasteiger partial charge in [-0.1, -0.05) is 41.4 Å². The number of halogens is 2. The summed E-state index contributed by atoms with van der Waals surface area (Å²) in [6.07, 6.45) is 0. The zero-order valence-electron chi connectivity index (χ0n) is 15.2. The minimum absolute atomic E-state index is 0.107. The van der Waals surface area contributed by atoms with Gasteiger partial charge in [0.15, 0.2) is 0 Å². The van der Waals surface area contributed by atoms with Gasteiger partial charge in [-0.3, -0.25) is 25.2 Å². The fourth-order valence-electron chi connectivity index (χ4n) is 2.43. The average Bonchev–Trinajstić information content (AvgIpc) is 2.74. The van der Waals surface area contributed by atoms with E-state index in [2.05, 4.69) is 15.6 Å². The van der Waals surface area contributed by atoms with Crippen LogP contribution in [-0.2, 0) is 10.0 Å². The van der Waals surface area contributed by atoms with Crippen LogP contribution < -0.4 is 15.6 Å². The zero-order chi connectivity index (χ0) is 21.7. The summed E-state index contributed by atoms with van der Waals surface area (Å²) < 4.78 is 27.1. The van der Waals surface area contributed by atoms with E-state index in [4.69, 9.17) is 23.2 Å². The van der Waals surface area contributed by atoms with Crippen molar-refractivity contribution in [2.45, 2.75) is 4.90 Å². The standard InChI is InChI=1S/C20H15Cl2N3O4S/c21-14-8-11-18(22)17(12-14)20(27)24-23-19(26)13-6-9-15(10-7-13)25-30(28,29)16-4-2-1-3-5-16/h1-12,25H,(H,23,26)(H,24,27). The molecule has 0 atom stereocenters. The van der Waals surface area contributed by atoms with Crippen LogP contribution in [-0.4, -0.2) is 20.2 Å². The van der Waals surface area contributed by atoms with E-state index in [9.17, 15) is 18.0 Å². The molecular formula is C20H15Cl2N3O4S. The Kier molecular flexibility index (Phi) is 6.61. The maximum absolute atomic E-state index is 12.3. The SMILES string of the molecule is O=C(NNC(=O)c1cc(Cl)ccc1Cl)c1ccc(NS(=O)(=O)c2ccccc2)cc1. The molecule has 0 bridgehead atoms. The normalized spacial score (nSPS) is 10.9. The number of rotatable bonds is 5. The van der Waals surface area contributed by atoms with Crippen LogP contribution in [0.25, 0.3) is 0 Å². The molecule has 30 heavy (non-hydrogen) atoms. The van der Waals surface area contributed by atoms with Crippen molar-refractivity contribution in [3.63, 3.8) is 0 Å². The number of benzene rings is 3. The molecule has 0 fully saturated rings. The van der Waals surface area contributed by atoms with E-state index in [0.717, 1.165) is 0 Å². The monoisotopic (exact) mass is 463 g/mol. The Hall–Kier alpha value is -3.07. The highest BCUT2D eigenvalue weighted by atomic mass is 35.5. The molecule has 3 aromatic rings. The van der Waals surface area contributed by atoms with Crippen molar-refractivity contribution in [2.24, 2.45) is 0 Å². The highest BCUT2D eigenvalue weighted by molar-refractivity contribution is 7.92. The first-order valence-electron chi connectivity index (χ1n) is 8.50. The van der Waals surface area contributed by atoms with Crippen LogP contribution in [0.15, 0.2) is 77.7 Å². The third-order valence-corrected chi connectivity index (χ3v) is 5.88. The van der Waals surface area contributed by atoms with Gasteiger partial charge in [0.05, 0.1) is 15.5 Å². The Balaban J connectivity index is 1.62. The Labute approximate surface area is 183 Å². The van der Waals surface area contributed by atoms with Crippen LogP contribution in [0.5, 0.6) is 0 Å². The number of hydrogen-bond donors (Lipinski definition) is 3. The van der Waals surface area contributed by atoms with Crippen LogP contribution in [0.1, 0.15) is 20.7 Å². The molecule has 3 aromatic carbocycles. The summed E-state index contributed by atoms with van der Waals surface area (Å²) in [7, 11) is -3.74. The molecule has 0 radical (unpaired) electrons. The first-order valence-corrected chi connectivity index (χ1v) is 10.7. The second kappa shape index (κ2) is 9.17. The molecule has 3 N–H and O–H groups in total. The lowest BCUT2D eigenvalue weighted by Crippen LogP contribution is -2.41. The number of hydrogen-bond acceptors (Lipinski definition) is 4. The molecule has 0 saturated carbocycles. The van der Waals surface area contributed by atoms with E-state index in [1.807, 2.05) is 0 Å². The van der Waals surface area contributed by atoms with Gasteiger partial charge in [0.2, 0.25) is 0 Å². The first kappa shape index (κ1) is 21.6. The van der Waals surface area contributed by atoms with Crippen LogP contribution in [0.3, 0.4) is 0 Å². The Morgan fingerprint density at radius 3 is 2.07 bits per heavy atom. The summed E-state index contributed by atoms with van der Waals surface area (Å²) in [5.74, 6) is -1.23. The Morgan fingerprint density at radius 2 is 1.40 bits per heavy atom. The molecule has 0 heterocycles. The fourth-order valence-corrected chi connectivity index (χ4v) is 3.88. The highest BCUT2D eigenvalue weighted by Gasteiger charge is 2.15. The lowest BCUT2D eigenvalue weighted by molar-refractivity contribution is 0.0847. The molecule has 0 aliphatic heterocycles. The lowest BCUT2D eigenvalue weighted by atomic mass is 10.2. The molecule has 10 heteroatoms. The van der Waals surface area contributed by atoms with Crippen LogP contribution in [0, 0.1) is 0 Å². The van der Waals surface area contributed by atoms with Crippen molar-refractivity contribution in [3.8, 4) is 0 Å². The van der Waals surface area contributed by atoms with Crippen molar-refractivity contribution >= 4 is 50.7 Å². The summed E-state index contributed by atoms with van der Waals surface area (Å²) in [5, 5.41) is 0.505. The van der Waals surface area contributed by atoms with Gasteiger partial charge in [-0.25, -0.2) is 8.42 Å². The van der Waals surface area contributed by atoms with Crippen molar-refractivity contribution in [2.75, 3.05) is 4.72 Å². The lowest BCUT2D eigenvalue weighted by Gasteiger charge is -2.10. The van der Waals surface area contributed by atoms with Gasteiger partial charge in [-0.2, -0.15) is 0 Å². The van der Waals surface area contributed by atoms with E-state index < -0.39 is 21.8 Å². The molecule has 0 aliphatic carbocycles. The predicted octanol–water partition coefficient (Wildman–Crippen LogP) is 3.87. The van der Waals surface area contributed by atoms with Crippen LogP contribution >= 0.6 is 23.2 Å². The molecule has 3 rings (SSSR count). The van der Waals surface area contributed by atoms with Gasteiger partial charge in [0.25, 0.3) is 21.8 Å². The van der Waals surface area contributed by atoms with E-state index in [1.165, 1.54) is 54.6 Å². The second-order valence-electron chi connectivity index (χ2n) is 6.03. The fraction of sp³-hybridized carbons (Fsp3) is 0. The molecule has 0 aromatic heterocycles. The maximum Gasteiger partial charge on any atom is 0.271 e. The summed E-state index contributed by atoms with van der Waals surface area (Å²) in [5.41, 5.74) is 5.10. The van der Waals surface area contributed by atoms with Gasteiger partial charge >= 0.3 is 0 Å². The molecule has 7 nitrogen and oxygen atoms in total. The number of carbonyl (C=O) groups excluding carboxylic acids is 2. The average molecular weight is 464 g/mol. The van der Waals surface area contributed by atoms with Crippen molar-refractivity contribution < 1.29 is 18.0 Å². The Morgan fingerprint density at radius 1 is 0.767 bits per heavy atom. The number of carbonyl (C=O) groups is 2. The van der Waals surface area contributed by atoms with Gasteiger partial charge in [-0.15, -0.1) is 0 Å². The van der Waals surface area contributed by atoms with Crippen molar-refractivity contribution in [3.05, 3.63) is 94.0 Å². The van der Waals surface area contributed by atoms with E-state index >= 15 is 0 Å². The molecular weight excluding hydrogens is 449 g/mol. The van der Waals surface area contributed by atoms with Gasteiger partial charge in [0, 0.05) is 16.3 Å². The Bertz CT molecular complexity index is 1180. The minimum Gasteiger partial charge on any atom is -0.280 e. The quantitative estimate of drug-likeness (QED) is 0.499. The second-order valence-corrected chi connectivity index (χ2v) is 8.55. The van der Waals surface area contributed by atoms with Crippen molar-refractivity contribution in [1.82, 2.24) is 10.9 Å². The smallest absolute Gasteiger partial charge is 0.271 e. The maximum atomic E-state index is 12.3.